The normalized spacial score (nSPS) is 10.2. The van der Waals surface area contributed by atoms with Crippen molar-refractivity contribution in [2.75, 3.05) is 18.1 Å². The van der Waals surface area contributed by atoms with Crippen molar-refractivity contribution in [3.05, 3.63) is 23.5 Å². The van der Waals surface area contributed by atoms with Crippen molar-refractivity contribution >= 4 is 28.3 Å². The van der Waals surface area contributed by atoms with Gasteiger partial charge in [-0.05, 0) is 17.6 Å². The van der Waals surface area contributed by atoms with Gasteiger partial charge in [0.05, 0.1) is 12.2 Å². The molecule has 0 saturated carbocycles. The lowest BCUT2D eigenvalue weighted by Gasteiger charge is -2.04. The Morgan fingerprint density at radius 3 is 3.12 bits per heavy atom. The zero-order valence-corrected chi connectivity index (χ0v) is 9.97. The molecule has 0 aliphatic rings. The van der Waals surface area contributed by atoms with Gasteiger partial charge in [0, 0.05) is 13.2 Å². The van der Waals surface area contributed by atoms with Gasteiger partial charge in [0.1, 0.15) is 10.6 Å². The van der Waals surface area contributed by atoms with E-state index in [1.54, 1.807) is 13.2 Å². The summed E-state index contributed by atoms with van der Waals surface area (Å²) < 4.78 is 3.96. The van der Waals surface area contributed by atoms with E-state index >= 15 is 0 Å². The molecule has 0 bridgehead atoms. The largest absolute Gasteiger partial charge is 0.382 e. The highest BCUT2D eigenvalue weighted by Crippen LogP contribution is 2.26. The van der Waals surface area contributed by atoms with Crippen LogP contribution in [0, 0.1) is 0 Å². The van der Waals surface area contributed by atoms with Crippen LogP contribution in [0.15, 0.2) is 12.3 Å². The molecular weight excluding hydrogens is 240 g/mol. The number of aromatic amines is 1. The van der Waals surface area contributed by atoms with Gasteiger partial charge >= 0.3 is 0 Å². The molecule has 5 N–H and O–H groups in total. The van der Waals surface area contributed by atoms with Crippen LogP contribution < -0.4 is 16.4 Å². The molecule has 0 atom stereocenters. The van der Waals surface area contributed by atoms with Gasteiger partial charge in [0.2, 0.25) is 0 Å². The Balaban J connectivity index is 2.13. The molecule has 8 heteroatoms. The van der Waals surface area contributed by atoms with Gasteiger partial charge < -0.3 is 16.4 Å². The van der Waals surface area contributed by atoms with Crippen LogP contribution in [-0.2, 0) is 6.54 Å². The minimum absolute atomic E-state index is 0.237. The molecule has 0 spiro atoms. The molecule has 1 amide bonds. The summed E-state index contributed by atoms with van der Waals surface area (Å²) in [7, 11) is 1.55. The summed E-state index contributed by atoms with van der Waals surface area (Å²) in [4.78, 5) is 11.6. The smallest absolute Gasteiger partial charge is 0.257 e. The summed E-state index contributed by atoms with van der Waals surface area (Å²) in [5.41, 5.74) is 6.95. The summed E-state index contributed by atoms with van der Waals surface area (Å²) in [6, 6.07) is 1.84. The maximum atomic E-state index is 11.6. The van der Waals surface area contributed by atoms with Crippen molar-refractivity contribution in [2.45, 2.75) is 6.54 Å². The van der Waals surface area contributed by atoms with Crippen LogP contribution in [-0.4, -0.2) is 27.5 Å². The van der Waals surface area contributed by atoms with Gasteiger partial charge in [-0.25, -0.2) is 0 Å². The summed E-state index contributed by atoms with van der Waals surface area (Å²) in [5.74, 6) is -0.00942. The lowest BCUT2D eigenvalue weighted by molar-refractivity contribution is 0.0965. The molecule has 0 aliphatic heterocycles. The fourth-order valence-corrected chi connectivity index (χ4v) is 2.03. The summed E-state index contributed by atoms with van der Waals surface area (Å²) in [6.45, 7) is 0.533. The number of nitrogens with two attached hydrogens (primary N) is 1. The van der Waals surface area contributed by atoms with Crippen molar-refractivity contribution < 1.29 is 4.79 Å². The topological polar surface area (TPSA) is 109 Å². The van der Waals surface area contributed by atoms with E-state index in [2.05, 4.69) is 25.2 Å². The second-order valence-corrected chi connectivity index (χ2v) is 4.06. The standard InChI is InChI=1S/C9H12N6OS/c1-11-8(16)6-7(10)15-17-9(6)12-4-5-2-3-13-14-5/h2-3,12H,4H2,1H3,(H2,10,15)(H,11,16)(H,13,14). The Bertz CT molecular complexity index is 506. The van der Waals surface area contributed by atoms with E-state index in [1.165, 1.54) is 0 Å². The number of amides is 1. The van der Waals surface area contributed by atoms with E-state index in [-0.39, 0.29) is 11.7 Å². The predicted octanol–water partition coefficient (Wildman–Crippen LogP) is 0.420. The fraction of sp³-hybridized carbons (Fsp3) is 0.222. The maximum absolute atomic E-state index is 11.6. The van der Waals surface area contributed by atoms with E-state index in [0.717, 1.165) is 17.2 Å². The molecule has 0 saturated heterocycles. The number of carbonyl (C=O) groups excluding carboxylic acids is 1. The van der Waals surface area contributed by atoms with Gasteiger partial charge in [0.15, 0.2) is 5.82 Å². The molecule has 0 aliphatic carbocycles. The molecule has 0 fully saturated rings. The third kappa shape index (κ3) is 2.36. The van der Waals surface area contributed by atoms with Crippen LogP contribution in [0.2, 0.25) is 0 Å². The first-order chi connectivity index (χ1) is 8.22. The molecule has 0 radical (unpaired) electrons. The number of H-pyrrole nitrogens is 1. The minimum atomic E-state index is -0.247. The zero-order chi connectivity index (χ0) is 12.3. The van der Waals surface area contributed by atoms with Crippen molar-refractivity contribution in [2.24, 2.45) is 0 Å². The first-order valence-electron chi connectivity index (χ1n) is 4.91. The first kappa shape index (κ1) is 11.4. The Morgan fingerprint density at radius 2 is 2.47 bits per heavy atom. The van der Waals surface area contributed by atoms with Crippen LogP contribution in [0.1, 0.15) is 16.1 Å². The van der Waals surface area contributed by atoms with Gasteiger partial charge in [-0.1, -0.05) is 0 Å². The lowest BCUT2D eigenvalue weighted by Crippen LogP contribution is -2.20. The SMILES string of the molecule is CNC(=O)c1c(N)nsc1NCc1ccn[nH]1. The Hall–Kier alpha value is -2.09. The number of anilines is 2. The van der Waals surface area contributed by atoms with Crippen LogP contribution in [0.5, 0.6) is 0 Å². The third-order valence-corrected chi connectivity index (χ3v) is 2.99. The Morgan fingerprint density at radius 1 is 1.65 bits per heavy atom. The third-order valence-electron chi connectivity index (χ3n) is 2.17. The summed E-state index contributed by atoms with van der Waals surface area (Å²) >= 11 is 1.16. The van der Waals surface area contributed by atoms with Gasteiger partial charge in [-0.2, -0.15) is 9.47 Å². The highest BCUT2D eigenvalue weighted by Gasteiger charge is 2.17. The molecule has 0 unspecified atom stereocenters. The number of carbonyl (C=O) groups is 1. The molecule has 2 aromatic heterocycles. The Labute approximate surface area is 102 Å². The highest BCUT2D eigenvalue weighted by molar-refractivity contribution is 7.11. The van der Waals surface area contributed by atoms with Crippen LogP contribution in [0.25, 0.3) is 0 Å². The number of aromatic nitrogens is 3. The molecule has 2 aromatic rings. The van der Waals surface area contributed by atoms with E-state index in [9.17, 15) is 4.79 Å². The second-order valence-electron chi connectivity index (χ2n) is 3.29. The minimum Gasteiger partial charge on any atom is -0.382 e. The predicted molar refractivity (Wildman–Crippen MR) is 65.8 cm³/mol. The van der Waals surface area contributed by atoms with Crippen molar-refractivity contribution in [1.29, 1.82) is 0 Å². The molecule has 90 valence electrons. The van der Waals surface area contributed by atoms with Crippen molar-refractivity contribution in [3.63, 3.8) is 0 Å². The number of hydrogen-bond donors (Lipinski definition) is 4. The molecule has 7 nitrogen and oxygen atoms in total. The van der Waals surface area contributed by atoms with E-state index in [1.807, 2.05) is 6.07 Å². The number of hydrogen-bond acceptors (Lipinski definition) is 6. The lowest BCUT2D eigenvalue weighted by atomic mass is 10.3. The first-order valence-corrected chi connectivity index (χ1v) is 5.69. The average Bonchev–Trinajstić information content (AvgIpc) is 2.95. The Kier molecular flexibility index (Phi) is 3.24. The number of nitrogens with zero attached hydrogens (tertiary/aromatic N) is 2. The van der Waals surface area contributed by atoms with E-state index in [4.69, 9.17) is 5.73 Å². The number of nitrogen functional groups attached to an aromatic ring is 1. The summed E-state index contributed by atoms with van der Waals surface area (Å²) in [6.07, 6.45) is 1.66. The molecule has 2 rings (SSSR count). The van der Waals surface area contributed by atoms with Gasteiger partial charge in [-0.15, -0.1) is 0 Å². The average molecular weight is 252 g/mol. The zero-order valence-electron chi connectivity index (χ0n) is 9.15. The number of rotatable bonds is 4. The quantitative estimate of drug-likeness (QED) is 0.630. The van der Waals surface area contributed by atoms with E-state index in [0.29, 0.717) is 17.1 Å². The van der Waals surface area contributed by atoms with Gasteiger partial charge in [-0.3, -0.25) is 9.89 Å². The number of nitrogens with one attached hydrogen (secondary N) is 3. The molecule has 17 heavy (non-hydrogen) atoms. The summed E-state index contributed by atoms with van der Waals surface area (Å²) in [5, 5.41) is 12.9. The van der Waals surface area contributed by atoms with E-state index < -0.39 is 0 Å². The van der Waals surface area contributed by atoms with Crippen LogP contribution >= 0.6 is 11.5 Å². The van der Waals surface area contributed by atoms with Crippen molar-refractivity contribution in [1.82, 2.24) is 19.9 Å². The molecular formula is C9H12N6OS. The monoisotopic (exact) mass is 252 g/mol. The fourth-order valence-electron chi connectivity index (χ4n) is 1.33. The van der Waals surface area contributed by atoms with Crippen LogP contribution in [0.4, 0.5) is 10.8 Å². The molecule has 0 aromatic carbocycles. The highest BCUT2D eigenvalue weighted by atomic mass is 32.1. The molecule has 2 heterocycles. The van der Waals surface area contributed by atoms with Crippen molar-refractivity contribution in [3.8, 4) is 0 Å². The van der Waals surface area contributed by atoms with Crippen LogP contribution in [0.3, 0.4) is 0 Å². The second kappa shape index (κ2) is 4.83. The maximum Gasteiger partial charge on any atom is 0.257 e. The van der Waals surface area contributed by atoms with Gasteiger partial charge in [0.25, 0.3) is 5.91 Å².